The summed E-state index contributed by atoms with van der Waals surface area (Å²) >= 11 is 7.42. The summed E-state index contributed by atoms with van der Waals surface area (Å²) in [5.41, 5.74) is 0.841. The molecule has 0 aliphatic carbocycles. The van der Waals surface area contributed by atoms with Crippen LogP contribution in [0, 0.1) is 6.92 Å². The molecule has 7 heteroatoms. The van der Waals surface area contributed by atoms with Crippen molar-refractivity contribution in [2.24, 2.45) is 0 Å². The topological polar surface area (TPSA) is 71.1 Å². The van der Waals surface area contributed by atoms with E-state index in [2.05, 4.69) is 15.6 Å². The quantitative estimate of drug-likeness (QED) is 0.840. The lowest BCUT2D eigenvalue weighted by Crippen LogP contribution is -2.32. The van der Waals surface area contributed by atoms with Crippen LogP contribution in [0.3, 0.4) is 0 Å². The van der Waals surface area contributed by atoms with Crippen molar-refractivity contribution in [3.63, 3.8) is 0 Å². The first-order valence-electron chi connectivity index (χ1n) is 7.14. The number of hydrogen-bond acceptors (Lipinski definition) is 4. The van der Waals surface area contributed by atoms with Gasteiger partial charge in [-0.25, -0.2) is 4.98 Å². The Bertz CT molecular complexity index is 685. The zero-order valence-electron chi connectivity index (χ0n) is 12.9. The fraction of sp³-hybridized carbons (Fsp3) is 0.312. The second-order valence-electron chi connectivity index (χ2n) is 5.13. The molecule has 2 rings (SSSR count). The molecule has 1 aromatic heterocycles. The van der Waals surface area contributed by atoms with E-state index in [9.17, 15) is 9.59 Å². The third kappa shape index (κ3) is 5.65. The average Bonchev–Trinajstić information content (AvgIpc) is 2.90. The summed E-state index contributed by atoms with van der Waals surface area (Å²) in [6.45, 7) is 3.79. The molecule has 0 radical (unpaired) electrons. The first-order chi connectivity index (χ1) is 10.9. The van der Waals surface area contributed by atoms with Crippen LogP contribution >= 0.6 is 22.9 Å². The molecule has 0 aliphatic heterocycles. The van der Waals surface area contributed by atoms with E-state index in [1.807, 2.05) is 19.1 Å². The summed E-state index contributed by atoms with van der Waals surface area (Å²) in [5, 5.41) is 7.22. The highest BCUT2D eigenvalue weighted by atomic mass is 35.5. The van der Waals surface area contributed by atoms with Gasteiger partial charge in [0.25, 0.3) is 0 Å². The van der Waals surface area contributed by atoms with Gasteiger partial charge in [-0.05, 0) is 24.6 Å². The van der Waals surface area contributed by atoms with Crippen molar-refractivity contribution in [2.75, 3.05) is 0 Å². The number of hydrogen-bond donors (Lipinski definition) is 2. The van der Waals surface area contributed by atoms with E-state index in [1.54, 1.807) is 29.7 Å². The van der Waals surface area contributed by atoms with Gasteiger partial charge in [0.1, 0.15) is 0 Å². The Morgan fingerprint density at radius 3 is 2.57 bits per heavy atom. The first kappa shape index (κ1) is 17.4. The molecule has 1 aromatic carbocycles. The molecule has 1 unspecified atom stereocenters. The molecular formula is C16H18ClN3O2S. The van der Waals surface area contributed by atoms with E-state index in [1.165, 1.54) is 6.92 Å². The second-order valence-corrected chi connectivity index (χ2v) is 6.89. The Kier molecular flexibility index (Phi) is 6.12. The average molecular weight is 352 g/mol. The van der Waals surface area contributed by atoms with Crippen LogP contribution < -0.4 is 10.6 Å². The molecule has 0 bridgehead atoms. The smallest absolute Gasteiger partial charge is 0.222 e. The van der Waals surface area contributed by atoms with Gasteiger partial charge in [0.2, 0.25) is 11.8 Å². The second kappa shape index (κ2) is 8.08. The standard InChI is InChI=1S/C16H18ClN3O2S/c1-10(21)20-15(12-3-5-13(17)6-4-12)7-16(22)19-9-14-8-18-11(2)23-14/h3-6,8,15H,7,9H2,1-2H3,(H,19,22)(H,20,21). The SMILES string of the molecule is CC(=O)NC(CC(=O)NCc1cnc(C)s1)c1ccc(Cl)cc1. The van der Waals surface area contributed by atoms with E-state index in [0.717, 1.165) is 15.4 Å². The summed E-state index contributed by atoms with van der Waals surface area (Å²) in [6.07, 6.45) is 1.92. The Hall–Kier alpha value is -1.92. The lowest BCUT2D eigenvalue weighted by atomic mass is 10.0. The summed E-state index contributed by atoms with van der Waals surface area (Å²) in [6, 6.07) is 6.71. The molecule has 0 saturated heterocycles. The predicted molar refractivity (Wildman–Crippen MR) is 91.3 cm³/mol. The molecule has 0 saturated carbocycles. The molecule has 122 valence electrons. The van der Waals surface area contributed by atoms with Crippen LogP contribution in [0.25, 0.3) is 0 Å². The molecule has 2 N–H and O–H groups in total. The van der Waals surface area contributed by atoms with Crippen molar-refractivity contribution in [1.29, 1.82) is 0 Å². The number of thiazole rings is 1. The van der Waals surface area contributed by atoms with E-state index < -0.39 is 0 Å². The van der Waals surface area contributed by atoms with E-state index in [4.69, 9.17) is 11.6 Å². The zero-order chi connectivity index (χ0) is 16.8. The highest BCUT2D eigenvalue weighted by Crippen LogP contribution is 2.20. The third-order valence-corrected chi connectivity index (χ3v) is 4.33. The molecular weight excluding hydrogens is 334 g/mol. The fourth-order valence-corrected chi connectivity index (χ4v) is 2.98. The Morgan fingerprint density at radius 1 is 1.30 bits per heavy atom. The summed E-state index contributed by atoms with van der Waals surface area (Å²) in [7, 11) is 0. The monoisotopic (exact) mass is 351 g/mol. The number of carbonyl (C=O) groups excluding carboxylic acids is 2. The van der Waals surface area contributed by atoms with Gasteiger partial charge in [0.05, 0.1) is 24.0 Å². The molecule has 1 atom stereocenters. The van der Waals surface area contributed by atoms with Crippen molar-refractivity contribution in [1.82, 2.24) is 15.6 Å². The van der Waals surface area contributed by atoms with Crippen molar-refractivity contribution in [2.45, 2.75) is 32.9 Å². The van der Waals surface area contributed by atoms with E-state index >= 15 is 0 Å². The number of rotatable bonds is 6. The zero-order valence-corrected chi connectivity index (χ0v) is 14.5. The van der Waals surface area contributed by atoms with Gasteiger partial charge in [-0.3, -0.25) is 9.59 Å². The van der Waals surface area contributed by atoms with Crippen molar-refractivity contribution in [3.05, 3.63) is 50.9 Å². The van der Waals surface area contributed by atoms with Gasteiger partial charge in [-0.2, -0.15) is 0 Å². The number of amides is 2. The van der Waals surface area contributed by atoms with Crippen LogP contribution in [0.5, 0.6) is 0 Å². The number of carbonyl (C=O) groups is 2. The Morgan fingerprint density at radius 2 is 2.00 bits per heavy atom. The summed E-state index contributed by atoms with van der Waals surface area (Å²) in [5.74, 6) is -0.319. The molecule has 5 nitrogen and oxygen atoms in total. The van der Waals surface area contributed by atoms with E-state index in [0.29, 0.717) is 11.6 Å². The number of halogens is 1. The van der Waals surface area contributed by atoms with Crippen LogP contribution in [-0.4, -0.2) is 16.8 Å². The highest BCUT2D eigenvalue weighted by molar-refractivity contribution is 7.11. The van der Waals surface area contributed by atoms with Crippen LogP contribution in [0.2, 0.25) is 5.02 Å². The molecule has 1 heterocycles. The van der Waals surface area contributed by atoms with Crippen molar-refractivity contribution in [3.8, 4) is 0 Å². The lowest BCUT2D eigenvalue weighted by Gasteiger charge is -2.18. The van der Waals surface area contributed by atoms with Crippen molar-refractivity contribution >= 4 is 34.8 Å². The molecule has 23 heavy (non-hydrogen) atoms. The highest BCUT2D eigenvalue weighted by Gasteiger charge is 2.17. The van der Waals surface area contributed by atoms with Gasteiger partial charge in [-0.1, -0.05) is 23.7 Å². The van der Waals surface area contributed by atoms with Crippen LogP contribution in [0.4, 0.5) is 0 Å². The first-order valence-corrected chi connectivity index (χ1v) is 8.34. The number of nitrogens with zero attached hydrogens (tertiary/aromatic N) is 1. The largest absolute Gasteiger partial charge is 0.351 e. The minimum absolute atomic E-state index is 0.134. The Labute approximate surface area is 144 Å². The normalized spacial score (nSPS) is 11.8. The fourth-order valence-electron chi connectivity index (χ4n) is 2.12. The van der Waals surface area contributed by atoms with Gasteiger partial charge >= 0.3 is 0 Å². The Balaban J connectivity index is 1.97. The maximum absolute atomic E-state index is 12.2. The van der Waals surface area contributed by atoms with Crippen LogP contribution in [0.15, 0.2) is 30.5 Å². The lowest BCUT2D eigenvalue weighted by molar-refractivity contribution is -0.122. The van der Waals surface area contributed by atoms with E-state index in [-0.39, 0.29) is 24.3 Å². The van der Waals surface area contributed by atoms with Gasteiger partial charge in [0, 0.05) is 23.0 Å². The molecule has 2 amide bonds. The van der Waals surface area contributed by atoms with Gasteiger partial charge in [0.15, 0.2) is 0 Å². The minimum Gasteiger partial charge on any atom is -0.351 e. The van der Waals surface area contributed by atoms with Crippen LogP contribution in [-0.2, 0) is 16.1 Å². The minimum atomic E-state index is -0.382. The molecule has 0 aliphatic rings. The number of benzene rings is 1. The maximum Gasteiger partial charge on any atom is 0.222 e. The summed E-state index contributed by atoms with van der Waals surface area (Å²) in [4.78, 5) is 28.7. The van der Waals surface area contributed by atoms with Gasteiger partial charge in [-0.15, -0.1) is 11.3 Å². The molecule has 0 fully saturated rings. The van der Waals surface area contributed by atoms with Crippen LogP contribution in [0.1, 0.15) is 34.8 Å². The summed E-state index contributed by atoms with van der Waals surface area (Å²) < 4.78 is 0. The van der Waals surface area contributed by atoms with Crippen molar-refractivity contribution < 1.29 is 9.59 Å². The predicted octanol–water partition coefficient (Wildman–Crippen LogP) is 2.99. The molecule has 2 aromatic rings. The number of aryl methyl sites for hydroxylation is 1. The maximum atomic E-state index is 12.2. The molecule has 0 spiro atoms. The van der Waals surface area contributed by atoms with Gasteiger partial charge < -0.3 is 10.6 Å². The third-order valence-electron chi connectivity index (χ3n) is 3.17. The number of nitrogens with one attached hydrogen (secondary N) is 2. The number of aromatic nitrogens is 1.